The van der Waals surface area contributed by atoms with Crippen molar-refractivity contribution in [3.63, 3.8) is 0 Å². The average Bonchev–Trinajstić information content (AvgIpc) is 2.54. The molecule has 2 aromatic rings. The van der Waals surface area contributed by atoms with Gasteiger partial charge in [0.25, 0.3) is 0 Å². The second kappa shape index (κ2) is 8.37. The first-order valence-corrected chi connectivity index (χ1v) is 8.72. The van der Waals surface area contributed by atoms with E-state index in [9.17, 15) is 9.59 Å². The summed E-state index contributed by atoms with van der Waals surface area (Å²) in [5.74, 6) is 0.156. The van der Waals surface area contributed by atoms with Gasteiger partial charge >= 0.3 is 0 Å². The minimum atomic E-state index is -0.220. The third kappa shape index (κ3) is 5.12. The first kappa shape index (κ1) is 18.6. The molecule has 0 aliphatic rings. The summed E-state index contributed by atoms with van der Waals surface area (Å²) in [7, 11) is 0. The molecular formula is C16H15Cl2N3O2S. The highest BCUT2D eigenvalue weighted by atomic mass is 35.5. The third-order valence-corrected chi connectivity index (χ3v) is 4.86. The van der Waals surface area contributed by atoms with Crippen LogP contribution in [-0.4, -0.2) is 22.6 Å². The van der Waals surface area contributed by atoms with Crippen molar-refractivity contribution < 1.29 is 9.59 Å². The average molecular weight is 384 g/mol. The van der Waals surface area contributed by atoms with E-state index in [1.165, 1.54) is 24.9 Å². The molecule has 126 valence electrons. The van der Waals surface area contributed by atoms with E-state index in [-0.39, 0.29) is 17.6 Å². The van der Waals surface area contributed by atoms with Gasteiger partial charge in [-0.2, -0.15) is 0 Å². The molecule has 1 aromatic heterocycles. The standard InChI is InChI=1S/C16H15Cl2N3O2S/c1-9-13(17)7-19-16(15(9)18)21-14(23)8-24-12-5-3-11(4-6-12)20-10(2)22/h3-7H,8H2,1-2H3,(H,20,22)(H,19,21,23). The maximum atomic E-state index is 12.0. The second-order valence-electron chi connectivity index (χ2n) is 4.94. The van der Waals surface area contributed by atoms with Crippen LogP contribution in [0, 0.1) is 6.92 Å². The maximum Gasteiger partial charge on any atom is 0.235 e. The van der Waals surface area contributed by atoms with Crippen molar-refractivity contribution in [2.75, 3.05) is 16.4 Å². The number of halogens is 2. The summed E-state index contributed by atoms with van der Waals surface area (Å²) in [6.45, 7) is 3.21. The molecule has 24 heavy (non-hydrogen) atoms. The van der Waals surface area contributed by atoms with Crippen molar-refractivity contribution >= 4 is 58.3 Å². The number of benzene rings is 1. The zero-order valence-corrected chi connectivity index (χ0v) is 15.4. The zero-order chi connectivity index (χ0) is 17.7. The number of carbonyl (C=O) groups is 2. The molecule has 1 aromatic carbocycles. The van der Waals surface area contributed by atoms with Crippen LogP contribution in [-0.2, 0) is 9.59 Å². The van der Waals surface area contributed by atoms with Crippen molar-refractivity contribution in [3.05, 3.63) is 46.1 Å². The van der Waals surface area contributed by atoms with E-state index in [0.717, 1.165) is 4.90 Å². The molecular weight excluding hydrogens is 369 g/mol. The molecule has 5 nitrogen and oxygen atoms in total. The number of aromatic nitrogens is 1. The molecule has 0 radical (unpaired) electrons. The van der Waals surface area contributed by atoms with Gasteiger partial charge in [-0.3, -0.25) is 9.59 Å². The quantitative estimate of drug-likeness (QED) is 0.751. The molecule has 2 amide bonds. The summed E-state index contributed by atoms with van der Waals surface area (Å²) in [4.78, 5) is 27.9. The van der Waals surface area contributed by atoms with Gasteiger partial charge in [0, 0.05) is 23.7 Å². The van der Waals surface area contributed by atoms with Gasteiger partial charge in [0.2, 0.25) is 11.8 Å². The normalized spacial score (nSPS) is 10.3. The van der Waals surface area contributed by atoms with Crippen molar-refractivity contribution in [3.8, 4) is 0 Å². The number of nitrogens with zero attached hydrogens (tertiary/aromatic N) is 1. The molecule has 0 bridgehead atoms. The SMILES string of the molecule is CC(=O)Nc1ccc(SCC(=O)Nc2ncc(Cl)c(C)c2Cl)cc1. The summed E-state index contributed by atoms with van der Waals surface area (Å²) in [6.07, 6.45) is 1.45. The number of pyridine rings is 1. The van der Waals surface area contributed by atoms with E-state index < -0.39 is 0 Å². The van der Waals surface area contributed by atoms with Gasteiger partial charge in [-0.15, -0.1) is 11.8 Å². The Morgan fingerprint density at radius 2 is 1.83 bits per heavy atom. The molecule has 0 saturated heterocycles. The minimum Gasteiger partial charge on any atom is -0.326 e. The van der Waals surface area contributed by atoms with Crippen LogP contribution in [0.3, 0.4) is 0 Å². The number of thioether (sulfide) groups is 1. The second-order valence-corrected chi connectivity index (χ2v) is 6.77. The van der Waals surface area contributed by atoms with Crippen LogP contribution in [0.4, 0.5) is 11.5 Å². The van der Waals surface area contributed by atoms with Gasteiger partial charge in [0.1, 0.15) is 0 Å². The Bertz CT molecular complexity index is 767. The Morgan fingerprint density at radius 1 is 1.17 bits per heavy atom. The monoisotopic (exact) mass is 383 g/mol. The molecule has 0 unspecified atom stereocenters. The fraction of sp³-hybridized carbons (Fsp3) is 0.188. The lowest BCUT2D eigenvalue weighted by Crippen LogP contribution is -2.15. The molecule has 0 saturated carbocycles. The lowest BCUT2D eigenvalue weighted by atomic mass is 10.3. The van der Waals surface area contributed by atoms with Gasteiger partial charge in [-0.25, -0.2) is 4.98 Å². The number of amides is 2. The lowest BCUT2D eigenvalue weighted by Gasteiger charge is -2.09. The summed E-state index contributed by atoms with van der Waals surface area (Å²) in [5, 5.41) is 6.14. The molecule has 2 N–H and O–H groups in total. The van der Waals surface area contributed by atoms with E-state index in [1.807, 2.05) is 12.1 Å². The summed E-state index contributed by atoms with van der Waals surface area (Å²) in [6, 6.07) is 7.23. The number of nitrogens with one attached hydrogen (secondary N) is 2. The number of carbonyl (C=O) groups excluding carboxylic acids is 2. The highest BCUT2D eigenvalue weighted by Crippen LogP contribution is 2.29. The van der Waals surface area contributed by atoms with E-state index in [0.29, 0.717) is 27.1 Å². The van der Waals surface area contributed by atoms with Gasteiger partial charge in [-0.1, -0.05) is 23.2 Å². The molecule has 1 heterocycles. The molecule has 0 aliphatic heterocycles. The summed E-state index contributed by atoms with van der Waals surface area (Å²) >= 11 is 13.4. The fourth-order valence-electron chi connectivity index (χ4n) is 1.80. The topological polar surface area (TPSA) is 71.1 Å². The van der Waals surface area contributed by atoms with Crippen LogP contribution in [0.1, 0.15) is 12.5 Å². The molecule has 0 fully saturated rings. The van der Waals surface area contributed by atoms with Crippen molar-refractivity contribution in [1.29, 1.82) is 0 Å². The van der Waals surface area contributed by atoms with Gasteiger partial charge in [-0.05, 0) is 36.8 Å². The first-order valence-electron chi connectivity index (χ1n) is 6.97. The smallest absolute Gasteiger partial charge is 0.235 e. The Kier molecular flexibility index (Phi) is 6.48. The third-order valence-electron chi connectivity index (χ3n) is 3.00. The van der Waals surface area contributed by atoms with Crippen LogP contribution in [0.25, 0.3) is 0 Å². The summed E-state index contributed by atoms with van der Waals surface area (Å²) < 4.78 is 0. The predicted octanol–water partition coefficient (Wildman–Crippen LogP) is 4.39. The Hall–Kier alpha value is -1.76. The molecule has 0 aliphatic carbocycles. The molecule has 0 spiro atoms. The van der Waals surface area contributed by atoms with Crippen LogP contribution < -0.4 is 10.6 Å². The highest BCUT2D eigenvalue weighted by molar-refractivity contribution is 8.00. The maximum absolute atomic E-state index is 12.0. The van der Waals surface area contributed by atoms with Crippen molar-refractivity contribution in [2.24, 2.45) is 0 Å². The summed E-state index contributed by atoms with van der Waals surface area (Å²) in [5.41, 5.74) is 1.38. The number of rotatable bonds is 5. The first-order chi connectivity index (χ1) is 11.4. The Labute approximate surface area is 154 Å². The van der Waals surface area contributed by atoms with Gasteiger partial charge in [0.15, 0.2) is 5.82 Å². The Balaban J connectivity index is 1.91. The van der Waals surface area contributed by atoms with E-state index in [2.05, 4.69) is 15.6 Å². The van der Waals surface area contributed by atoms with Crippen LogP contribution in [0.2, 0.25) is 10.0 Å². The lowest BCUT2D eigenvalue weighted by molar-refractivity contribution is -0.114. The number of anilines is 2. The molecule has 8 heteroatoms. The van der Waals surface area contributed by atoms with E-state index in [1.54, 1.807) is 19.1 Å². The highest BCUT2D eigenvalue weighted by Gasteiger charge is 2.11. The van der Waals surface area contributed by atoms with Crippen molar-refractivity contribution in [2.45, 2.75) is 18.7 Å². The van der Waals surface area contributed by atoms with E-state index in [4.69, 9.17) is 23.2 Å². The van der Waals surface area contributed by atoms with Crippen LogP contribution in [0.5, 0.6) is 0 Å². The number of hydrogen-bond acceptors (Lipinski definition) is 4. The van der Waals surface area contributed by atoms with Crippen LogP contribution in [0.15, 0.2) is 35.4 Å². The fourth-order valence-corrected chi connectivity index (χ4v) is 2.89. The molecule has 0 atom stereocenters. The minimum absolute atomic E-state index is 0.127. The predicted molar refractivity (Wildman–Crippen MR) is 99.1 cm³/mol. The zero-order valence-electron chi connectivity index (χ0n) is 13.0. The number of hydrogen-bond donors (Lipinski definition) is 2. The van der Waals surface area contributed by atoms with Gasteiger partial charge < -0.3 is 10.6 Å². The molecule has 2 rings (SSSR count). The van der Waals surface area contributed by atoms with Crippen molar-refractivity contribution in [1.82, 2.24) is 4.98 Å². The van der Waals surface area contributed by atoms with E-state index >= 15 is 0 Å². The Morgan fingerprint density at radius 3 is 2.46 bits per heavy atom. The van der Waals surface area contributed by atoms with Crippen LogP contribution >= 0.6 is 35.0 Å². The van der Waals surface area contributed by atoms with Gasteiger partial charge in [0.05, 0.1) is 15.8 Å². The largest absolute Gasteiger partial charge is 0.326 e.